The molecule has 94 valence electrons. The predicted octanol–water partition coefficient (Wildman–Crippen LogP) is 0.305. The van der Waals surface area contributed by atoms with Crippen LogP contribution in [0.1, 0.15) is 0 Å². The maximum Gasteiger partial charge on any atom is 0.495 e. The zero-order valence-corrected chi connectivity index (χ0v) is 9.63. The number of primary amides is 1. The first-order chi connectivity index (χ1) is 8.74. The Balaban J connectivity index is 1.83. The largest absolute Gasteiger partial charge is 0.497 e. The SMILES string of the molecule is NC(=O)OC[C@@H]1C=C2C=COCC3=C2B(OC3)O1. The van der Waals surface area contributed by atoms with E-state index >= 15 is 0 Å². The minimum absolute atomic E-state index is 0.0794. The number of amides is 1. The van der Waals surface area contributed by atoms with Gasteiger partial charge in [0.1, 0.15) is 13.2 Å². The van der Waals surface area contributed by atoms with E-state index in [4.69, 9.17) is 24.5 Å². The van der Waals surface area contributed by atoms with Crippen LogP contribution in [0.25, 0.3) is 0 Å². The molecule has 3 aliphatic heterocycles. The van der Waals surface area contributed by atoms with Crippen molar-refractivity contribution in [3.63, 3.8) is 0 Å². The van der Waals surface area contributed by atoms with E-state index in [9.17, 15) is 4.79 Å². The van der Waals surface area contributed by atoms with Gasteiger partial charge < -0.3 is 24.5 Å². The summed E-state index contributed by atoms with van der Waals surface area (Å²) in [5, 5.41) is 0. The van der Waals surface area contributed by atoms with E-state index in [-0.39, 0.29) is 12.7 Å². The fraction of sp³-hybridized carbons (Fsp3) is 0.364. The lowest BCUT2D eigenvalue weighted by Crippen LogP contribution is -2.35. The molecule has 18 heavy (non-hydrogen) atoms. The van der Waals surface area contributed by atoms with Crippen LogP contribution >= 0.6 is 0 Å². The quantitative estimate of drug-likeness (QED) is 0.712. The first kappa shape index (κ1) is 11.4. The Morgan fingerprint density at radius 3 is 3.28 bits per heavy atom. The average Bonchev–Trinajstić information content (AvgIpc) is 2.63. The highest BCUT2D eigenvalue weighted by molar-refractivity contribution is 6.57. The van der Waals surface area contributed by atoms with Crippen molar-refractivity contribution in [2.45, 2.75) is 6.10 Å². The fourth-order valence-electron chi connectivity index (χ4n) is 2.23. The lowest BCUT2D eigenvalue weighted by Gasteiger charge is -2.24. The van der Waals surface area contributed by atoms with Crippen LogP contribution in [0.5, 0.6) is 0 Å². The summed E-state index contributed by atoms with van der Waals surface area (Å²) in [4.78, 5) is 10.6. The highest BCUT2D eigenvalue weighted by Crippen LogP contribution is 2.33. The molecule has 3 rings (SSSR count). The van der Waals surface area contributed by atoms with E-state index in [1.807, 2.05) is 12.2 Å². The third-order valence-corrected chi connectivity index (χ3v) is 2.99. The molecule has 0 spiro atoms. The van der Waals surface area contributed by atoms with Crippen molar-refractivity contribution in [1.82, 2.24) is 0 Å². The monoisotopic (exact) mass is 249 g/mol. The van der Waals surface area contributed by atoms with Crippen LogP contribution in [0.4, 0.5) is 4.79 Å². The van der Waals surface area contributed by atoms with Crippen molar-refractivity contribution in [3.05, 3.63) is 35.0 Å². The summed E-state index contributed by atoms with van der Waals surface area (Å²) in [5.41, 5.74) is 8.04. The van der Waals surface area contributed by atoms with Gasteiger partial charge in [0.15, 0.2) is 0 Å². The molecule has 1 atom stereocenters. The molecular formula is C11H12BNO5. The summed E-state index contributed by atoms with van der Waals surface area (Å²) in [7, 11) is -0.409. The Bertz CT molecular complexity index is 470. The van der Waals surface area contributed by atoms with E-state index in [2.05, 4.69) is 0 Å². The van der Waals surface area contributed by atoms with Crippen LogP contribution < -0.4 is 5.73 Å². The molecule has 0 aliphatic carbocycles. The topological polar surface area (TPSA) is 80.0 Å². The average molecular weight is 249 g/mol. The van der Waals surface area contributed by atoms with Crippen molar-refractivity contribution in [2.24, 2.45) is 5.73 Å². The lowest BCUT2D eigenvalue weighted by molar-refractivity contribution is 0.0920. The zero-order chi connectivity index (χ0) is 12.5. The molecule has 0 aromatic rings. The molecule has 0 radical (unpaired) electrons. The molecule has 3 heterocycles. The van der Waals surface area contributed by atoms with Crippen LogP contribution in [0.2, 0.25) is 0 Å². The number of allylic oxidation sites excluding steroid dienone is 3. The van der Waals surface area contributed by atoms with Crippen LogP contribution in [-0.2, 0) is 18.8 Å². The van der Waals surface area contributed by atoms with E-state index in [0.717, 1.165) is 16.6 Å². The van der Waals surface area contributed by atoms with Crippen LogP contribution in [0.15, 0.2) is 35.0 Å². The van der Waals surface area contributed by atoms with Crippen LogP contribution in [0, 0.1) is 0 Å². The van der Waals surface area contributed by atoms with E-state index < -0.39 is 13.2 Å². The molecule has 1 amide bonds. The summed E-state index contributed by atoms with van der Waals surface area (Å²) in [6.45, 7) is 1.10. The van der Waals surface area contributed by atoms with Gasteiger partial charge in [-0.25, -0.2) is 4.79 Å². The summed E-state index contributed by atoms with van der Waals surface area (Å²) in [6, 6.07) is 0. The van der Waals surface area contributed by atoms with Gasteiger partial charge in [-0.2, -0.15) is 0 Å². The van der Waals surface area contributed by atoms with E-state index in [1.54, 1.807) is 6.26 Å². The maximum absolute atomic E-state index is 10.6. The lowest BCUT2D eigenvalue weighted by atomic mass is 9.71. The van der Waals surface area contributed by atoms with Crippen molar-refractivity contribution in [1.29, 1.82) is 0 Å². The molecule has 0 unspecified atom stereocenters. The van der Waals surface area contributed by atoms with Gasteiger partial charge in [-0.15, -0.1) is 0 Å². The molecule has 0 fully saturated rings. The van der Waals surface area contributed by atoms with Gasteiger partial charge >= 0.3 is 13.2 Å². The van der Waals surface area contributed by atoms with Gasteiger partial charge in [0.05, 0.1) is 19.0 Å². The number of nitrogens with two attached hydrogens (primary N) is 1. The number of carbonyl (C=O) groups excluding carboxylic acids is 1. The standard InChI is InChI=1S/C11H12BNO5/c13-11(14)16-6-9-3-7-1-2-15-4-8-5-17-12(18-9)10(7)8/h1-3,9H,4-6H2,(H2,13,14)/t9-/m0/s1. The van der Waals surface area contributed by atoms with Gasteiger partial charge in [-0.1, -0.05) is 0 Å². The molecule has 7 heteroatoms. The summed E-state index contributed by atoms with van der Waals surface area (Å²) >= 11 is 0. The Labute approximate surface area is 104 Å². The number of rotatable bonds is 2. The van der Waals surface area contributed by atoms with E-state index in [1.165, 1.54) is 0 Å². The second kappa shape index (κ2) is 4.51. The minimum Gasteiger partial charge on any atom is -0.497 e. The highest BCUT2D eigenvalue weighted by atomic mass is 16.6. The Kier molecular flexibility index (Phi) is 2.85. The summed E-state index contributed by atoms with van der Waals surface area (Å²) in [5.74, 6) is 0. The van der Waals surface area contributed by atoms with Gasteiger partial charge in [-0.05, 0) is 28.8 Å². The Morgan fingerprint density at radius 1 is 1.56 bits per heavy atom. The first-order valence-electron chi connectivity index (χ1n) is 5.65. The molecule has 0 saturated heterocycles. The number of hydrogen-bond donors (Lipinski definition) is 1. The van der Waals surface area contributed by atoms with Gasteiger partial charge in [-0.3, -0.25) is 0 Å². The van der Waals surface area contributed by atoms with Gasteiger partial charge in [0.25, 0.3) is 0 Å². The van der Waals surface area contributed by atoms with Gasteiger partial charge in [0, 0.05) is 0 Å². The molecule has 3 aliphatic rings. The molecule has 0 aromatic carbocycles. The number of carbonyl (C=O) groups is 1. The predicted molar refractivity (Wildman–Crippen MR) is 62.3 cm³/mol. The van der Waals surface area contributed by atoms with Gasteiger partial charge in [0.2, 0.25) is 0 Å². The smallest absolute Gasteiger partial charge is 0.495 e. The molecular weight excluding hydrogens is 237 g/mol. The Morgan fingerprint density at radius 2 is 2.44 bits per heavy atom. The third kappa shape index (κ3) is 2.02. The summed E-state index contributed by atoms with van der Waals surface area (Å²) < 4.78 is 21.3. The number of hydrogen-bond acceptors (Lipinski definition) is 5. The molecule has 0 bridgehead atoms. The van der Waals surface area contributed by atoms with Crippen molar-refractivity contribution >= 4 is 13.2 Å². The summed E-state index contributed by atoms with van der Waals surface area (Å²) in [6.07, 6.45) is 4.23. The first-order valence-corrected chi connectivity index (χ1v) is 5.65. The molecule has 6 nitrogen and oxygen atoms in total. The van der Waals surface area contributed by atoms with Crippen molar-refractivity contribution in [2.75, 3.05) is 19.8 Å². The molecule has 0 aromatic heterocycles. The molecule has 0 saturated carbocycles. The minimum atomic E-state index is -0.814. The Hall–Kier alpha value is -1.73. The fourth-order valence-corrected chi connectivity index (χ4v) is 2.23. The maximum atomic E-state index is 10.6. The van der Waals surface area contributed by atoms with Crippen molar-refractivity contribution < 1.29 is 23.6 Å². The zero-order valence-electron chi connectivity index (χ0n) is 9.63. The van der Waals surface area contributed by atoms with Crippen molar-refractivity contribution in [3.8, 4) is 0 Å². The second-order valence-corrected chi connectivity index (χ2v) is 4.20. The van der Waals surface area contributed by atoms with E-state index in [0.29, 0.717) is 13.2 Å². The third-order valence-electron chi connectivity index (χ3n) is 2.99. The molecule has 2 N–H and O–H groups in total. The highest BCUT2D eigenvalue weighted by Gasteiger charge is 2.40. The van der Waals surface area contributed by atoms with Crippen LogP contribution in [0.3, 0.4) is 0 Å². The second-order valence-electron chi connectivity index (χ2n) is 4.20. The number of ether oxygens (including phenoxy) is 2. The normalized spacial score (nSPS) is 25.2. The van der Waals surface area contributed by atoms with Crippen LogP contribution in [-0.4, -0.2) is 39.1 Å².